The van der Waals surface area contributed by atoms with Gasteiger partial charge in [0.05, 0.1) is 12.2 Å². The van der Waals surface area contributed by atoms with Gasteiger partial charge in [-0.3, -0.25) is 0 Å². The summed E-state index contributed by atoms with van der Waals surface area (Å²) in [4.78, 5) is 0. The van der Waals surface area contributed by atoms with Crippen molar-refractivity contribution in [2.45, 2.75) is 37.1 Å². The Morgan fingerprint density at radius 1 is 1.00 bits per heavy atom. The number of hydrogen-bond acceptors (Lipinski definition) is 3. The van der Waals surface area contributed by atoms with E-state index in [1.54, 1.807) is 0 Å². The molecule has 3 nitrogen and oxygen atoms in total. The van der Waals surface area contributed by atoms with Gasteiger partial charge >= 0.3 is 0 Å². The van der Waals surface area contributed by atoms with Crippen LogP contribution in [0.4, 0.5) is 0 Å². The summed E-state index contributed by atoms with van der Waals surface area (Å²) in [5, 5.41) is 21.5. The summed E-state index contributed by atoms with van der Waals surface area (Å²) in [7, 11) is 0. The molecule has 0 aliphatic carbocycles. The van der Waals surface area contributed by atoms with Gasteiger partial charge in [-0.1, -0.05) is 0 Å². The highest BCUT2D eigenvalue weighted by Gasteiger charge is 2.45. The van der Waals surface area contributed by atoms with Gasteiger partial charge in [-0.05, 0) is 12.8 Å². The maximum atomic E-state index is 9.18. The topological polar surface area (TPSA) is 52.5 Å². The van der Waals surface area contributed by atoms with Gasteiger partial charge in [0.15, 0.2) is 0 Å². The van der Waals surface area contributed by atoms with E-state index in [-0.39, 0.29) is 12.1 Å². The van der Waals surface area contributed by atoms with Crippen LogP contribution in [0.1, 0.15) is 12.8 Å². The van der Waals surface area contributed by atoms with Crippen molar-refractivity contribution >= 4 is 0 Å². The Kier molecular flexibility index (Phi) is 1.06. The van der Waals surface area contributed by atoms with E-state index in [0.29, 0.717) is 0 Å². The molecule has 0 amide bonds. The third-order valence-electron chi connectivity index (χ3n) is 2.39. The SMILES string of the molecule is O[C@@H]1[C@H](O)[C@H]2CC[C@@H]1N2. The second-order valence-electron chi connectivity index (χ2n) is 2.94. The van der Waals surface area contributed by atoms with Crippen LogP contribution < -0.4 is 5.32 Å². The minimum atomic E-state index is -0.510. The first kappa shape index (κ1) is 5.65. The molecule has 0 aromatic carbocycles. The summed E-state index contributed by atoms with van der Waals surface area (Å²) in [5.74, 6) is 0. The number of hydrogen-bond donors (Lipinski definition) is 3. The zero-order valence-electron chi connectivity index (χ0n) is 5.12. The van der Waals surface area contributed by atoms with E-state index in [9.17, 15) is 10.2 Å². The first-order chi connectivity index (χ1) is 4.29. The van der Waals surface area contributed by atoms with Crippen molar-refractivity contribution in [1.29, 1.82) is 0 Å². The molecule has 0 aromatic rings. The lowest BCUT2D eigenvalue weighted by atomic mass is 9.95. The summed E-state index contributed by atoms with van der Waals surface area (Å²) in [6.07, 6.45) is 1.01. The third-order valence-corrected chi connectivity index (χ3v) is 2.39. The van der Waals surface area contributed by atoms with Gasteiger partial charge in [0, 0.05) is 12.1 Å². The molecule has 0 saturated carbocycles. The number of aliphatic hydroxyl groups excluding tert-OH is 2. The molecule has 9 heavy (non-hydrogen) atoms. The average Bonchev–Trinajstić information content (AvgIpc) is 2.37. The van der Waals surface area contributed by atoms with Crippen LogP contribution in [0.3, 0.4) is 0 Å². The Bertz CT molecular complexity index is 110. The molecule has 2 rings (SSSR count). The van der Waals surface area contributed by atoms with Crippen molar-refractivity contribution in [1.82, 2.24) is 5.32 Å². The molecule has 0 unspecified atom stereocenters. The maximum Gasteiger partial charge on any atom is 0.0967 e. The molecule has 3 N–H and O–H groups in total. The Balaban J connectivity index is 2.15. The highest BCUT2D eigenvalue weighted by molar-refractivity contribution is 5.03. The molecule has 2 aliphatic rings. The molecular formula is C6H11NO2. The first-order valence-corrected chi connectivity index (χ1v) is 3.41. The van der Waals surface area contributed by atoms with Gasteiger partial charge in [-0.25, -0.2) is 0 Å². The molecule has 0 aromatic heterocycles. The zero-order valence-corrected chi connectivity index (χ0v) is 5.12. The second-order valence-corrected chi connectivity index (χ2v) is 2.94. The van der Waals surface area contributed by atoms with Gasteiger partial charge in [0.2, 0.25) is 0 Å². The van der Waals surface area contributed by atoms with Crippen LogP contribution in [0.15, 0.2) is 0 Å². The van der Waals surface area contributed by atoms with Crippen LogP contribution in [0.2, 0.25) is 0 Å². The highest BCUT2D eigenvalue weighted by Crippen LogP contribution is 2.28. The minimum absolute atomic E-state index is 0.171. The van der Waals surface area contributed by atoms with Crippen LogP contribution in [0.5, 0.6) is 0 Å². The molecule has 2 heterocycles. The van der Waals surface area contributed by atoms with Crippen LogP contribution in [-0.4, -0.2) is 34.5 Å². The predicted octanol–water partition coefficient (Wildman–Crippen LogP) is -1.16. The lowest BCUT2D eigenvalue weighted by molar-refractivity contribution is 0.0123. The lowest BCUT2D eigenvalue weighted by Gasteiger charge is -2.19. The van der Waals surface area contributed by atoms with E-state index < -0.39 is 12.2 Å². The van der Waals surface area contributed by atoms with Gasteiger partial charge in [0.1, 0.15) is 0 Å². The number of aliphatic hydroxyl groups is 2. The monoisotopic (exact) mass is 129 g/mol. The molecule has 52 valence electrons. The Morgan fingerprint density at radius 2 is 1.44 bits per heavy atom. The van der Waals surface area contributed by atoms with Crippen molar-refractivity contribution in [2.24, 2.45) is 0 Å². The summed E-state index contributed by atoms with van der Waals surface area (Å²) < 4.78 is 0. The Hall–Kier alpha value is -0.120. The largest absolute Gasteiger partial charge is 0.389 e. The number of nitrogens with one attached hydrogen (secondary N) is 1. The predicted molar refractivity (Wildman–Crippen MR) is 32.0 cm³/mol. The van der Waals surface area contributed by atoms with Crippen molar-refractivity contribution in [3.63, 3.8) is 0 Å². The molecule has 2 fully saturated rings. The lowest BCUT2D eigenvalue weighted by Crippen LogP contribution is -2.36. The number of rotatable bonds is 0. The van der Waals surface area contributed by atoms with E-state index in [0.717, 1.165) is 12.8 Å². The Labute approximate surface area is 53.7 Å². The fraction of sp³-hybridized carbons (Fsp3) is 1.00. The van der Waals surface area contributed by atoms with Crippen LogP contribution in [-0.2, 0) is 0 Å². The van der Waals surface area contributed by atoms with E-state index in [1.165, 1.54) is 0 Å². The molecule has 2 aliphatic heterocycles. The molecular weight excluding hydrogens is 118 g/mol. The molecule has 2 saturated heterocycles. The van der Waals surface area contributed by atoms with E-state index in [2.05, 4.69) is 5.32 Å². The standard InChI is InChI=1S/C6H11NO2/c8-5-3-1-2-4(7-3)6(5)9/h3-9H,1-2H2/t3-,4+,5-,6+. The molecule has 3 heteroatoms. The smallest absolute Gasteiger partial charge is 0.0967 e. The van der Waals surface area contributed by atoms with Crippen LogP contribution >= 0.6 is 0 Å². The highest BCUT2D eigenvalue weighted by atomic mass is 16.3. The fourth-order valence-electron chi connectivity index (χ4n) is 1.82. The van der Waals surface area contributed by atoms with Gasteiger partial charge in [-0.15, -0.1) is 0 Å². The van der Waals surface area contributed by atoms with Gasteiger partial charge in [0.25, 0.3) is 0 Å². The Morgan fingerprint density at radius 3 is 1.67 bits per heavy atom. The molecule has 0 spiro atoms. The minimum Gasteiger partial charge on any atom is -0.389 e. The maximum absolute atomic E-state index is 9.18. The van der Waals surface area contributed by atoms with Crippen molar-refractivity contribution in [2.75, 3.05) is 0 Å². The molecule has 4 atom stereocenters. The second kappa shape index (κ2) is 1.68. The zero-order chi connectivity index (χ0) is 6.43. The summed E-state index contributed by atoms with van der Waals surface area (Å²) in [6, 6.07) is 0.343. The summed E-state index contributed by atoms with van der Waals surface area (Å²) in [6.45, 7) is 0. The summed E-state index contributed by atoms with van der Waals surface area (Å²) in [5.41, 5.74) is 0. The normalized spacial score (nSPS) is 56.7. The van der Waals surface area contributed by atoms with Gasteiger partial charge in [-0.2, -0.15) is 0 Å². The average molecular weight is 129 g/mol. The summed E-state index contributed by atoms with van der Waals surface area (Å²) >= 11 is 0. The fourth-order valence-corrected chi connectivity index (χ4v) is 1.82. The quantitative estimate of drug-likeness (QED) is 0.387. The van der Waals surface area contributed by atoms with Crippen molar-refractivity contribution in [3.05, 3.63) is 0 Å². The van der Waals surface area contributed by atoms with E-state index >= 15 is 0 Å². The number of fused-ring (bicyclic) bond motifs is 2. The molecule has 2 bridgehead atoms. The third kappa shape index (κ3) is 0.625. The van der Waals surface area contributed by atoms with E-state index in [1.807, 2.05) is 0 Å². The first-order valence-electron chi connectivity index (χ1n) is 3.41. The van der Waals surface area contributed by atoms with Crippen LogP contribution in [0, 0.1) is 0 Å². The van der Waals surface area contributed by atoms with E-state index in [4.69, 9.17) is 0 Å². The van der Waals surface area contributed by atoms with Crippen molar-refractivity contribution < 1.29 is 10.2 Å². The molecule has 0 radical (unpaired) electrons. The van der Waals surface area contributed by atoms with Crippen molar-refractivity contribution in [3.8, 4) is 0 Å². The van der Waals surface area contributed by atoms with Gasteiger partial charge < -0.3 is 15.5 Å². The van der Waals surface area contributed by atoms with Crippen LogP contribution in [0.25, 0.3) is 0 Å².